The Labute approximate surface area is 107 Å². The Balaban J connectivity index is 3.15. The van der Waals surface area contributed by atoms with Gasteiger partial charge in [0, 0.05) is 0 Å². The molecule has 2 N–H and O–H groups in total. The third-order valence-electron chi connectivity index (χ3n) is 3.39. The first-order valence-electron chi connectivity index (χ1n) is 5.77. The Bertz CT molecular complexity index is 357. The summed E-state index contributed by atoms with van der Waals surface area (Å²) in [5.74, 6) is -0.626. The highest BCUT2D eigenvalue weighted by atomic mass is 32.1. The lowest BCUT2D eigenvalue weighted by atomic mass is 9.70. The molecule has 1 unspecified atom stereocenters. The largest absolute Gasteiger partial charge is 0.302 e. The van der Waals surface area contributed by atoms with Gasteiger partial charge in [0.2, 0.25) is 11.8 Å². The minimum absolute atomic E-state index is 0.0400. The van der Waals surface area contributed by atoms with Gasteiger partial charge in [-0.3, -0.25) is 9.59 Å². The number of nitrogens with one attached hydrogen (secondary N) is 2. The SMILES string of the molecule is C/C=C/CC1(C(C)CC)C(=O)NC(=S)NC1=O. The Kier molecular flexibility index (Phi) is 4.40. The molecule has 2 amide bonds. The van der Waals surface area contributed by atoms with Gasteiger partial charge in [0.05, 0.1) is 0 Å². The number of amides is 2. The van der Waals surface area contributed by atoms with Gasteiger partial charge < -0.3 is 10.6 Å². The second kappa shape index (κ2) is 5.40. The van der Waals surface area contributed by atoms with Crippen molar-refractivity contribution in [2.24, 2.45) is 11.3 Å². The first kappa shape index (κ1) is 13.8. The molecule has 0 aliphatic carbocycles. The van der Waals surface area contributed by atoms with Crippen LogP contribution in [-0.4, -0.2) is 16.9 Å². The van der Waals surface area contributed by atoms with Crippen molar-refractivity contribution in [2.45, 2.75) is 33.6 Å². The summed E-state index contributed by atoms with van der Waals surface area (Å²) in [6, 6.07) is 0. The van der Waals surface area contributed by atoms with Crippen molar-refractivity contribution in [3.63, 3.8) is 0 Å². The lowest BCUT2D eigenvalue weighted by Crippen LogP contribution is -2.64. The molecule has 1 fully saturated rings. The predicted molar refractivity (Wildman–Crippen MR) is 70.2 cm³/mol. The predicted octanol–water partition coefficient (Wildman–Crippen LogP) is 1.52. The minimum atomic E-state index is -1.04. The molecule has 1 aliphatic rings. The maximum Gasteiger partial charge on any atom is 0.242 e. The van der Waals surface area contributed by atoms with Crippen LogP contribution in [0.3, 0.4) is 0 Å². The van der Waals surface area contributed by atoms with Gasteiger partial charge in [-0.25, -0.2) is 0 Å². The summed E-state index contributed by atoms with van der Waals surface area (Å²) in [5, 5.41) is 5.20. The fourth-order valence-corrected chi connectivity index (χ4v) is 2.24. The Morgan fingerprint density at radius 2 is 1.88 bits per heavy atom. The number of carbonyl (C=O) groups is 2. The molecular formula is C12H18N2O2S. The van der Waals surface area contributed by atoms with E-state index in [0.717, 1.165) is 6.42 Å². The highest BCUT2D eigenvalue weighted by Crippen LogP contribution is 2.36. The number of hydrogen-bond acceptors (Lipinski definition) is 3. The lowest BCUT2D eigenvalue weighted by molar-refractivity contribution is -0.147. The Morgan fingerprint density at radius 3 is 2.29 bits per heavy atom. The average molecular weight is 254 g/mol. The van der Waals surface area contributed by atoms with Gasteiger partial charge in [-0.2, -0.15) is 0 Å². The Hall–Kier alpha value is -1.23. The molecule has 0 radical (unpaired) electrons. The van der Waals surface area contributed by atoms with Crippen LogP contribution in [0.25, 0.3) is 0 Å². The zero-order valence-corrected chi connectivity index (χ0v) is 11.2. The molecule has 1 rings (SSSR count). The van der Waals surface area contributed by atoms with Crippen molar-refractivity contribution < 1.29 is 9.59 Å². The highest BCUT2D eigenvalue weighted by molar-refractivity contribution is 7.80. The van der Waals surface area contributed by atoms with E-state index in [1.54, 1.807) is 0 Å². The van der Waals surface area contributed by atoms with Crippen LogP contribution < -0.4 is 10.6 Å². The third-order valence-corrected chi connectivity index (χ3v) is 3.60. The van der Waals surface area contributed by atoms with E-state index in [1.165, 1.54) is 0 Å². The fourth-order valence-electron chi connectivity index (χ4n) is 2.05. The summed E-state index contributed by atoms with van der Waals surface area (Å²) in [6.45, 7) is 5.75. The van der Waals surface area contributed by atoms with Crippen molar-refractivity contribution in [1.82, 2.24) is 10.6 Å². The number of hydrogen-bond donors (Lipinski definition) is 2. The molecule has 0 spiro atoms. The third kappa shape index (κ3) is 2.39. The maximum atomic E-state index is 12.1. The van der Waals surface area contributed by atoms with Crippen LogP contribution in [0.4, 0.5) is 0 Å². The first-order chi connectivity index (χ1) is 7.98. The van der Waals surface area contributed by atoms with Gasteiger partial charge >= 0.3 is 0 Å². The van der Waals surface area contributed by atoms with E-state index in [9.17, 15) is 9.59 Å². The summed E-state index contributed by atoms with van der Waals surface area (Å²) < 4.78 is 0. The second-order valence-corrected chi connectivity index (χ2v) is 4.70. The molecular weight excluding hydrogens is 236 g/mol. The van der Waals surface area contributed by atoms with Crippen molar-refractivity contribution in [2.75, 3.05) is 0 Å². The van der Waals surface area contributed by atoms with Gasteiger partial charge in [-0.1, -0.05) is 32.4 Å². The van der Waals surface area contributed by atoms with Gasteiger partial charge in [0.25, 0.3) is 0 Å². The topological polar surface area (TPSA) is 58.2 Å². The van der Waals surface area contributed by atoms with Crippen LogP contribution in [0, 0.1) is 11.3 Å². The van der Waals surface area contributed by atoms with Crippen LogP contribution >= 0.6 is 12.2 Å². The molecule has 1 heterocycles. The molecule has 0 aromatic heterocycles. The van der Waals surface area contributed by atoms with Crippen molar-refractivity contribution in [3.05, 3.63) is 12.2 Å². The van der Waals surface area contributed by atoms with E-state index in [-0.39, 0.29) is 22.8 Å². The van der Waals surface area contributed by atoms with Crippen LogP contribution in [0.1, 0.15) is 33.6 Å². The smallest absolute Gasteiger partial charge is 0.242 e. The van der Waals surface area contributed by atoms with Crippen LogP contribution in [0.2, 0.25) is 0 Å². The van der Waals surface area contributed by atoms with Crippen LogP contribution in [0.15, 0.2) is 12.2 Å². The molecule has 94 valence electrons. The van der Waals surface area contributed by atoms with E-state index in [0.29, 0.717) is 6.42 Å². The van der Waals surface area contributed by atoms with Gasteiger partial charge in [-0.05, 0) is 31.5 Å². The normalized spacial score (nSPS) is 21.2. The number of thiocarbonyl (C=S) groups is 1. The van der Waals surface area contributed by atoms with Crippen LogP contribution in [0.5, 0.6) is 0 Å². The molecule has 17 heavy (non-hydrogen) atoms. The maximum absolute atomic E-state index is 12.1. The van der Waals surface area contributed by atoms with Crippen molar-refractivity contribution in [1.29, 1.82) is 0 Å². The summed E-state index contributed by atoms with van der Waals surface area (Å²) >= 11 is 4.82. The van der Waals surface area contributed by atoms with E-state index >= 15 is 0 Å². The van der Waals surface area contributed by atoms with E-state index in [2.05, 4.69) is 10.6 Å². The molecule has 0 saturated carbocycles. The van der Waals surface area contributed by atoms with E-state index < -0.39 is 5.41 Å². The molecule has 1 saturated heterocycles. The van der Waals surface area contributed by atoms with E-state index in [4.69, 9.17) is 12.2 Å². The fraction of sp³-hybridized carbons (Fsp3) is 0.583. The van der Waals surface area contributed by atoms with Crippen molar-refractivity contribution >= 4 is 29.1 Å². The number of carbonyl (C=O) groups excluding carboxylic acids is 2. The minimum Gasteiger partial charge on any atom is -0.302 e. The summed E-state index contributed by atoms with van der Waals surface area (Å²) in [7, 11) is 0. The summed E-state index contributed by atoms with van der Waals surface area (Å²) in [5.41, 5.74) is -1.04. The molecule has 0 aromatic rings. The van der Waals surface area contributed by atoms with Gasteiger partial charge in [-0.15, -0.1) is 0 Å². The molecule has 1 atom stereocenters. The molecule has 4 nitrogen and oxygen atoms in total. The van der Waals surface area contributed by atoms with Crippen molar-refractivity contribution in [3.8, 4) is 0 Å². The lowest BCUT2D eigenvalue weighted by Gasteiger charge is -2.38. The molecule has 1 aliphatic heterocycles. The average Bonchev–Trinajstić information content (AvgIpc) is 2.27. The molecule has 5 heteroatoms. The van der Waals surface area contributed by atoms with E-state index in [1.807, 2.05) is 32.9 Å². The quantitative estimate of drug-likeness (QED) is 0.454. The number of rotatable bonds is 4. The van der Waals surface area contributed by atoms with Crippen LogP contribution in [-0.2, 0) is 9.59 Å². The summed E-state index contributed by atoms with van der Waals surface area (Å²) in [4.78, 5) is 24.3. The zero-order valence-electron chi connectivity index (χ0n) is 10.4. The first-order valence-corrected chi connectivity index (χ1v) is 6.17. The highest BCUT2D eigenvalue weighted by Gasteiger charge is 2.51. The summed E-state index contributed by atoms with van der Waals surface area (Å²) in [6.07, 6.45) is 4.85. The van der Waals surface area contributed by atoms with Gasteiger partial charge in [0.15, 0.2) is 5.11 Å². The Morgan fingerprint density at radius 1 is 1.35 bits per heavy atom. The standard InChI is InChI=1S/C12H18N2O2S/c1-4-6-7-12(8(3)5-2)9(15)13-11(17)14-10(12)16/h4,6,8H,5,7H2,1-3H3,(H2,13,14,15,16,17)/b6-4+. The molecule has 0 aromatic carbocycles. The zero-order chi connectivity index (χ0) is 13.1. The molecule has 0 bridgehead atoms. The second-order valence-electron chi connectivity index (χ2n) is 4.29. The monoisotopic (exact) mass is 254 g/mol. The number of allylic oxidation sites excluding steroid dienone is 2. The van der Waals surface area contributed by atoms with Gasteiger partial charge in [0.1, 0.15) is 5.41 Å².